The fourth-order valence-corrected chi connectivity index (χ4v) is 3.09. The van der Waals surface area contributed by atoms with Crippen LogP contribution >= 0.6 is 11.3 Å². The number of hydrogen-bond donors (Lipinski definition) is 1. The Bertz CT molecular complexity index is 866. The van der Waals surface area contributed by atoms with Crippen molar-refractivity contribution in [3.8, 4) is 0 Å². The molecule has 0 bridgehead atoms. The van der Waals surface area contributed by atoms with E-state index < -0.39 is 11.4 Å². The highest BCUT2D eigenvalue weighted by Crippen LogP contribution is 2.30. The lowest BCUT2D eigenvalue weighted by Crippen LogP contribution is -2.45. The Morgan fingerprint density at radius 1 is 1.12 bits per heavy atom. The van der Waals surface area contributed by atoms with Crippen LogP contribution in [0.15, 0.2) is 18.2 Å². The molecule has 0 aliphatic carbocycles. The zero-order valence-corrected chi connectivity index (χ0v) is 14.5. The molecule has 0 radical (unpaired) electrons. The highest BCUT2D eigenvalue weighted by molar-refractivity contribution is 7.15. The molecule has 8 heteroatoms. The molecule has 0 saturated carbocycles. The maximum atomic E-state index is 12.5. The Hall–Kier alpha value is -2.61. The maximum absolute atomic E-state index is 12.5. The summed E-state index contributed by atoms with van der Waals surface area (Å²) < 4.78 is 0. The van der Waals surface area contributed by atoms with E-state index in [9.17, 15) is 14.4 Å². The summed E-state index contributed by atoms with van der Waals surface area (Å²) in [6, 6.07) is 4.49. The summed E-state index contributed by atoms with van der Waals surface area (Å²) in [6.45, 7) is 7.16. The van der Waals surface area contributed by atoms with E-state index in [0.717, 1.165) is 5.01 Å². The van der Waals surface area contributed by atoms with Gasteiger partial charge in [0.05, 0.1) is 11.1 Å². The highest BCUT2D eigenvalue weighted by atomic mass is 32.1. The molecular weight excluding hydrogens is 328 g/mol. The topological polar surface area (TPSA) is 92.3 Å². The highest BCUT2D eigenvalue weighted by Gasteiger charge is 2.42. The number of nitrogens with zero attached hydrogens (tertiary/aromatic N) is 3. The summed E-state index contributed by atoms with van der Waals surface area (Å²) in [5.41, 5.74) is 0.229. The van der Waals surface area contributed by atoms with Crippen LogP contribution in [0, 0.1) is 6.92 Å². The van der Waals surface area contributed by atoms with Gasteiger partial charge in [-0.1, -0.05) is 11.3 Å². The lowest BCUT2D eigenvalue weighted by atomic mass is 10.1. The zero-order chi connectivity index (χ0) is 17.6. The molecule has 124 valence electrons. The Balaban J connectivity index is 1.91. The smallest absolute Gasteiger partial charge is 0.262 e. The first-order valence-corrected chi connectivity index (χ1v) is 8.14. The number of fused-ring (bicyclic) bond motifs is 1. The van der Waals surface area contributed by atoms with Crippen molar-refractivity contribution in [1.29, 1.82) is 0 Å². The van der Waals surface area contributed by atoms with Crippen molar-refractivity contribution in [3.05, 3.63) is 39.9 Å². The van der Waals surface area contributed by atoms with E-state index in [2.05, 4.69) is 15.5 Å². The number of amides is 3. The summed E-state index contributed by atoms with van der Waals surface area (Å²) in [7, 11) is 0. The zero-order valence-electron chi connectivity index (χ0n) is 13.7. The number of benzene rings is 1. The summed E-state index contributed by atoms with van der Waals surface area (Å²) in [5.74, 6) is -1.12. The van der Waals surface area contributed by atoms with Crippen molar-refractivity contribution < 1.29 is 14.4 Å². The third-order valence-electron chi connectivity index (χ3n) is 3.57. The third kappa shape index (κ3) is 2.69. The van der Waals surface area contributed by atoms with E-state index in [4.69, 9.17) is 0 Å². The van der Waals surface area contributed by atoms with Crippen molar-refractivity contribution in [3.63, 3.8) is 0 Å². The lowest BCUT2D eigenvalue weighted by molar-refractivity contribution is 0.0507. The first kappa shape index (κ1) is 16.3. The van der Waals surface area contributed by atoms with Gasteiger partial charge in [-0.05, 0) is 45.9 Å². The molecule has 0 fully saturated rings. The number of carbonyl (C=O) groups is 3. The molecule has 1 aliphatic heterocycles. The van der Waals surface area contributed by atoms with Gasteiger partial charge in [0.2, 0.25) is 5.13 Å². The number of rotatable bonds is 2. The Labute approximate surface area is 142 Å². The van der Waals surface area contributed by atoms with Gasteiger partial charge >= 0.3 is 0 Å². The molecule has 2 aromatic rings. The molecular formula is C16H16N4O3S. The number of hydrogen-bond acceptors (Lipinski definition) is 6. The number of anilines is 1. The van der Waals surface area contributed by atoms with E-state index in [0.29, 0.717) is 16.3 Å². The van der Waals surface area contributed by atoms with Gasteiger partial charge in [0, 0.05) is 11.1 Å². The summed E-state index contributed by atoms with van der Waals surface area (Å²) in [4.78, 5) is 38.5. The normalized spacial score (nSPS) is 14.1. The molecule has 1 aromatic carbocycles. The number of aromatic nitrogens is 2. The lowest BCUT2D eigenvalue weighted by Gasteiger charge is -2.29. The largest absolute Gasteiger partial charge is 0.296 e. The van der Waals surface area contributed by atoms with Crippen molar-refractivity contribution >= 4 is 34.2 Å². The van der Waals surface area contributed by atoms with E-state index in [1.807, 2.05) is 0 Å². The van der Waals surface area contributed by atoms with Crippen LogP contribution in [0.25, 0.3) is 0 Å². The number of aryl methyl sites for hydroxylation is 1. The second-order valence-electron chi connectivity index (χ2n) is 6.46. The molecule has 3 amide bonds. The van der Waals surface area contributed by atoms with Crippen LogP contribution in [0.5, 0.6) is 0 Å². The monoisotopic (exact) mass is 344 g/mol. The number of imide groups is 1. The standard InChI is InChI=1S/C16H16N4O3S/c1-8-18-19-15(24-8)17-12(21)9-5-6-10-11(7-9)14(23)20(13(10)22)16(2,3)4/h5-7H,1-4H3,(H,17,19,21). The minimum absolute atomic E-state index is 0.246. The van der Waals surface area contributed by atoms with Gasteiger partial charge in [-0.25, -0.2) is 0 Å². The summed E-state index contributed by atoms with van der Waals surface area (Å²) in [6.07, 6.45) is 0. The van der Waals surface area contributed by atoms with Crippen LogP contribution in [0.4, 0.5) is 5.13 Å². The van der Waals surface area contributed by atoms with E-state index in [-0.39, 0.29) is 17.4 Å². The molecule has 0 saturated heterocycles. The average molecular weight is 344 g/mol. The predicted octanol–water partition coefficient (Wildman–Crippen LogP) is 2.49. The molecule has 1 aliphatic rings. The van der Waals surface area contributed by atoms with Gasteiger partial charge < -0.3 is 0 Å². The fraction of sp³-hybridized carbons (Fsp3) is 0.312. The molecule has 2 heterocycles. The van der Waals surface area contributed by atoms with Crippen LogP contribution in [-0.4, -0.2) is 38.4 Å². The Kier molecular flexibility index (Phi) is 3.71. The van der Waals surface area contributed by atoms with E-state index in [1.54, 1.807) is 27.7 Å². The Morgan fingerprint density at radius 2 is 1.79 bits per heavy atom. The van der Waals surface area contributed by atoms with E-state index >= 15 is 0 Å². The number of nitrogens with one attached hydrogen (secondary N) is 1. The van der Waals surface area contributed by atoms with Crippen LogP contribution < -0.4 is 5.32 Å². The molecule has 0 spiro atoms. The van der Waals surface area contributed by atoms with Crippen molar-refractivity contribution in [2.45, 2.75) is 33.2 Å². The fourth-order valence-electron chi connectivity index (χ4n) is 2.51. The SMILES string of the molecule is Cc1nnc(NC(=O)c2ccc3c(c2)C(=O)N(C(C)(C)C)C3=O)s1. The molecule has 7 nitrogen and oxygen atoms in total. The second kappa shape index (κ2) is 5.48. The van der Waals surface area contributed by atoms with Gasteiger partial charge in [0.1, 0.15) is 5.01 Å². The maximum Gasteiger partial charge on any atom is 0.262 e. The molecule has 24 heavy (non-hydrogen) atoms. The van der Waals surface area contributed by atoms with Crippen LogP contribution in [0.2, 0.25) is 0 Å². The van der Waals surface area contributed by atoms with Crippen LogP contribution in [-0.2, 0) is 0 Å². The average Bonchev–Trinajstić information content (AvgIpc) is 3.00. The van der Waals surface area contributed by atoms with E-state index in [1.165, 1.54) is 34.4 Å². The minimum atomic E-state index is -0.625. The van der Waals surface area contributed by atoms with Crippen molar-refractivity contribution in [2.75, 3.05) is 5.32 Å². The van der Waals surface area contributed by atoms with Gasteiger partial charge in [-0.3, -0.25) is 24.6 Å². The summed E-state index contributed by atoms with van der Waals surface area (Å²) in [5, 5.41) is 11.4. The van der Waals surface area contributed by atoms with Crippen molar-refractivity contribution in [1.82, 2.24) is 15.1 Å². The van der Waals surface area contributed by atoms with Crippen molar-refractivity contribution in [2.24, 2.45) is 0 Å². The summed E-state index contributed by atoms with van der Waals surface area (Å²) >= 11 is 1.26. The van der Waals surface area contributed by atoms with Gasteiger partial charge in [-0.2, -0.15) is 0 Å². The quantitative estimate of drug-likeness (QED) is 0.845. The molecule has 1 aromatic heterocycles. The number of carbonyl (C=O) groups excluding carboxylic acids is 3. The van der Waals surface area contributed by atoms with Gasteiger partial charge in [-0.15, -0.1) is 10.2 Å². The van der Waals surface area contributed by atoms with Gasteiger partial charge in [0.25, 0.3) is 17.7 Å². The van der Waals surface area contributed by atoms with Crippen LogP contribution in [0.3, 0.4) is 0 Å². The second-order valence-corrected chi connectivity index (χ2v) is 7.64. The first-order valence-electron chi connectivity index (χ1n) is 7.33. The predicted molar refractivity (Wildman–Crippen MR) is 89.3 cm³/mol. The molecule has 0 unspecified atom stereocenters. The van der Waals surface area contributed by atoms with Crippen LogP contribution in [0.1, 0.15) is 56.9 Å². The minimum Gasteiger partial charge on any atom is -0.296 e. The van der Waals surface area contributed by atoms with Gasteiger partial charge in [0.15, 0.2) is 0 Å². The Morgan fingerprint density at radius 3 is 2.38 bits per heavy atom. The third-order valence-corrected chi connectivity index (χ3v) is 4.32. The molecule has 0 atom stereocenters. The molecule has 3 rings (SSSR count). The molecule has 1 N–H and O–H groups in total. The first-order chi connectivity index (χ1) is 11.2.